The van der Waals surface area contributed by atoms with E-state index in [1.54, 1.807) is 0 Å². The summed E-state index contributed by atoms with van der Waals surface area (Å²) in [4.78, 5) is 0. The monoisotopic (exact) mass is 227 g/mol. The predicted octanol–water partition coefficient (Wildman–Crippen LogP) is 3.34. The van der Waals surface area contributed by atoms with Crippen LogP contribution in [-0.2, 0) is 0 Å². The van der Waals surface area contributed by atoms with Crippen LogP contribution in [0.1, 0.15) is 6.92 Å². The van der Waals surface area contributed by atoms with Gasteiger partial charge in [0.1, 0.15) is 0 Å². The van der Waals surface area contributed by atoms with Gasteiger partial charge >= 0.3 is 0 Å². The molecule has 0 saturated heterocycles. The van der Waals surface area contributed by atoms with Crippen LogP contribution < -0.4 is 10.6 Å². The maximum absolute atomic E-state index is 2.27. The minimum Gasteiger partial charge on any atom is -0.0622 e. The molecule has 0 bridgehead atoms. The second-order valence-electron chi connectivity index (χ2n) is 3.69. The van der Waals surface area contributed by atoms with Crippen LogP contribution in [0.4, 0.5) is 0 Å². The van der Waals surface area contributed by atoms with Gasteiger partial charge in [-0.25, -0.2) is 0 Å². The second kappa shape index (κ2) is 5.82. The third kappa shape index (κ3) is 2.71. The Hall–Kier alpha value is -1.13. The lowest BCUT2D eigenvalue weighted by molar-refractivity contribution is 1.42. The fourth-order valence-electron chi connectivity index (χ4n) is 1.76. The molecule has 0 saturated carbocycles. The Labute approximate surface area is 99.1 Å². The van der Waals surface area contributed by atoms with E-state index in [4.69, 9.17) is 0 Å². The van der Waals surface area contributed by atoms with Crippen LogP contribution in [0, 0.1) is 6.42 Å². The molecule has 1 radical (unpaired) electrons. The van der Waals surface area contributed by atoms with Gasteiger partial charge in [0.25, 0.3) is 0 Å². The molecule has 2 aromatic rings. The number of benzene rings is 2. The second-order valence-corrected chi connectivity index (χ2v) is 5.94. The number of hydrogen-bond acceptors (Lipinski definition) is 0. The molecule has 0 N–H and O–H groups in total. The summed E-state index contributed by atoms with van der Waals surface area (Å²) in [7, 11) is -0.207. The zero-order valence-corrected chi connectivity index (χ0v) is 10.4. The molecule has 0 spiro atoms. The molecule has 0 fully saturated rings. The molecule has 1 heteroatoms. The molecule has 2 aromatic carbocycles. The van der Waals surface area contributed by atoms with Crippen molar-refractivity contribution in [3.8, 4) is 0 Å². The maximum atomic E-state index is 2.27. The Bertz CT molecular complexity index is 368. The SMILES string of the molecule is C[CH]CP(c1ccccc1)c1ccccc1. The van der Waals surface area contributed by atoms with Crippen LogP contribution in [0.5, 0.6) is 0 Å². The molecule has 0 aromatic heterocycles. The minimum absolute atomic E-state index is 0.207. The van der Waals surface area contributed by atoms with Gasteiger partial charge < -0.3 is 0 Å². The Morgan fingerprint density at radius 3 is 1.62 bits per heavy atom. The number of rotatable bonds is 4. The Morgan fingerprint density at radius 2 is 1.25 bits per heavy atom. The van der Waals surface area contributed by atoms with E-state index >= 15 is 0 Å². The van der Waals surface area contributed by atoms with Gasteiger partial charge in [-0.2, -0.15) is 0 Å². The lowest BCUT2D eigenvalue weighted by Crippen LogP contribution is -2.13. The van der Waals surface area contributed by atoms with Crippen LogP contribution in [0.15, 0.2) is 60.7 Å². The summed E-state index contributed by atoms with van der Waals surface area (Å²) in [6.07, 6.45) is 3.43. The van der Waals surface area contributed by atoms with Crippen molar-refractivity contribution in [1.82, 2.24) is 0 Å². The van der Waals surface area contributed by atoms with Gasteiger partial charge in [-0.15, -0.1) is 0 Å². The quantitative estimate of drug-likeness (QED) is 0.703. The molecule has 0 aliphatic carbocycles. The van der Waals surface area contributed by atoms with Crippen molar-refractivity contribution >= 4 is 18.5 Å². The van der Waals surface area contributed by atoms with E-state index < -0.39 is 0 Å². The fraction of sp³-hybridized carbons (Fsp3) is 0.133. The molecule has 81 valence electrons. The predicted molar refractivity (Wildman–Crippen MR) is 73.9 cm³/mol. The van der Waals surface area contributed by atoms with Crippen LogP contribution in [0.2, 0.25) is 0 Å². The van der Waals surface area contributed by atoms with Crippen molar-refractivity contribution in [2.75, 3.05) is 6.16 Å². The van der Waals surface area contributed by atoms with Crippen molar-refractivity contribution in [2.24, 2.45) is 0 Å². The fourth-order valence-corrected chi connectivity index (χ4v) is 3.91. The van der Waals surface area contributed by atoms with Gasteiger partial charge in [-0.3, -0.25) is 0 Å². The summed E-state index contributed by atoms with van der Waals surface area (Å²) < 4.78 is 0. The molecule has 0 aliphatic heterocycles. The van der Waals surface area contributed by atoms with Gasteiger partial charge in [0, 0.05) is 0 Å². The van der Waals surface area contributed by atoms with E-state index in [1.165, 1.54) is 10.6 Å². The van der Waals surface area contributed by atoms with Crippen LogP contribution in [0.3, 0.4) is 0 Å². The van der Waals surface area contributed by atoms with Gasteiger partial charge in [-0.05, 0) is 31.1 Å². The summed E-state index contributed by atoms with van der Waals surface area (Å²) in [5, 5.41) is 2.92. The van der Waals surface area contributed by atoms with Gasteiger partial charge in [0.2, 0.25) is 0 Å². The molecule has 0 atom stereocenters. The Balaban J connectivity index is 2.31. The summed E-state index contributed by atoms with van der Waals surface area (Å²) in [5.74, 6) is 0. The first-order chi connectivity index (χ1) is 7.92. The highest BCUT2D eigenvalue weighted by Crippen LogP contribution is 2.33. The zero-order chi connectivity index (χ0) is 11.2. The Kier molecular flexibility index (Phi) is 4.13. The third-order valence-corrected chi connectivity index (χ3v) is 5.07. The normalized spacial score (nSPS) is 10.6. The van der Waals surface area contributed by atoms with Crippen molar-refractivity contribution in [3.63, 3.8) is 0 Å². The first-order valence-corrected chi connectivity index (χ1v) is 7.10. The maximum Gasteiger partial charge on any atom is -0.0195 e. The van der Waals surface area contributed by atoms with Gasteiger partial charge in [0.05, 0.1) is 0 Å². The largest absolute Gasteiger partial charge is 0.0622 e. The van der Waals surface area contributed by atoms with Crippen LogP contribution in [-0.4, -0.2) is 6.16 Å². The average molecular weight is 227 g/mol. The summed E-state index contributed by atoms with van der Waals surface area (Å²) in [6.45, 7) is 2.14. The highest BCUT2D eigenvalue weighted by atomic mass is 31.1. The first-order valence-electron chi connectivity index (χ1n) is 5.57. The highest BCUT2D eigenvalue weighted by molar-refractivity contribution is 7.73. The molecule has 2 rings (SSSR count). The summed E-state index contributed by atoms with van der Waals surface area (Å²) in [5.41, 5.74) is 0. The van der Waals surface area contributed by atoms with Crippen LogP contribution in [0.25, 0.3) is 0 Å². The van der Waals surface area contributed by atoms with Crippen molar-refractivity contribution < 1.29 is 0 Å². The van der Waals surface area contributed by atoms with E-state index in [0.717, 1.165) is 6.16 Å². The average Bonchev–Trinajstić information content (AvgIpc) is 2.38. The van der Waals surface area contributed by atoms with Gasteiger partial charge in [-0.1, -0.05) is 67.6 Å². The molecule has 0 unspecified atom stereocenters. The van der Waals surface area contributed by atoms with Crippen molar-refractivity contribution in [1.29, 1.82) is 0 Å². The molecule has 0 nitrogen and oxygen atoms in total. The summed E-state index contributed by atoms with van der Waals surface area (Å²) >= 11 is 0. The standard InChI is InChI=1S/C15H16P/c1-2-13-16(14-9-5-3-6-10-14)15-11-7-4-8-12-15/h2-12H,13H2,1H3. The molecule has 0 amide bonds. The lowest BCUT2D eigenvalue weighted by atomic mass is 10.4. The van der Waals surface area contributed by atoms with E-state index in [1.807, 2.05) is 0 Å². The molecule has 16 heavy (non-hydrogen) atoms. The van der Waals surface area contributed by atoms with Gasteiger partial charge in [0.15, 0.2) is 0 Å². The van der Waals surface area contributed by atoms with E-state index in [-0.39, 0.29) is 7.92 Å². The third-order valence-electron chi connectivity index (χ3n) is 2.50. The minimum atomic E-state index is -0.207. The zero-order valence-electron chi connectivity index (χ0n) is 9.51. The molecule has 0 aliphatic rings. The lowest BCUT2D eigenvalue weighted by Gasteiger charge is -2.17. The van der Waals surface area contributed by atoms with E-state index in [9.17, 15) is 0 Å². The number of hydrogen-bond donors (Lipinski definition) is 0. The topological polar surface area (TPSA) is 0 Å². The molecule has 0 heterocycles. The van der Waals surface area contributed by atoms with Crippen molar-refractivity contribution in [2.45, 2.75) is 6.92 Å². The molecular weight excluding hydrogens is 211 g/mol. The highest BCUT2D eigenvalue weighted by Gasteiger charge is 2.11. The molecular formula is C15H16P. The Morgan fingerprint density at radius 1 is 0.812 bits per heavy atom. The van der Waals surface area contributed by atoms with Crippen LogP contribution >= 0.6 is 7.92 Å². The van der Waals surface area contributed by atoms with Crippen molar-refractivity contribution in [3.05, 3.63) is 67.1 Å². The smallest absolute Gasteiger partial charge is 0.0195 e. The van der Waals surface area contributed by atoms with E-state index in [0.29, 0.717) is 0 Å². The van der Waals surface area contributed by atoms with E-state index in [2.05, 4.69) is 74.0 Å². The summed E-state index contributed by atoms with van der Waals surface area (Å²) in [6, 6.07) is 21.6. The first kappa shape index (κ1) is 11.4.